The molecule has 4 heteroatoms. The summed E-state index contributed by atoms with van der Waals surface area (Å²) >= 11 is 0. The molecule has 0 bridgehead atoms. The second kappa shape index (κ2) is 7.29. The van der Waals surface area contributed by atoms with Gasteiger partial charge in [0.1, 0.15) is 0 Å². The molecule has 0 saturated carbocycles. The van der Waals surface area contributed by atoms with Crippen LogP contribution < -0.4 is 11.1 Å². The van der Waals surface area contributed by atoms with Crippen LogP contribution in [0.3, 0.4) is 0 Å². The molecule has 0 radical (unpaired) electrons. The number of nitrogens with two attached hydrogens (primary N) is 1. The van der Waals surface area contributed by atoms with Crippen molar-refractivity contribution in [2.45, 2.75) is 38.7 Å². The number of benzene rings is 1. The maximum atomic E-state index is 11.9. The maximum absolute atomic E-state index is 11.9. The molecule has 1 aromatic carbocycles. The monoisotopic (exact) mass is 276 g/mol. The molecule has 0 aliphatic carbocycles. The first-order valence-electron chi connectivity index (χ1n) is 7.42. The first-order valence-corrected chi connectivity index (χ1v) is 7.42. The van der Waals surface area contributed by atoms with Crippen molar-refractivity contribution >= 4 is 11.6 Å². The van der Waals surface area contributed by atoms with E-state index in [2.05, 4.69) is 12.2 Å². The van der Waals surface area contributed by atoms with E-state index < -0.39 is 0 Å². The van der Waals surface area contributed by atoms with Gasteiger partial charge in [-0.2, -0.15) is 0 Å². The van der Waals surface area contributed by atoms with Gasteiger partial charge in [0.05, 0.1) is 6.10 Å². The van der Waals surface area contributed by atoms with E-state index in [1.807, 2.05) is 24.3 Å². The van der Waals surface area contributed by atoms with Crippen molar-refractivity contribution in [2.75, 3.05) is 18.9 Å². The average Bonchev–Trinajstić information content (AvgIpc) is 2.91. The Bertz CT molecular complexity index is 448. The Morgan fingerprint density at radius 1 is 1.45 bits per heavy atom. The highest BCUT2D eigenvalue weighted by Crippen LogP contribution is 2.22. The van der Waals surface area contributed by atoms with Gasteiger partial charge in [-0.1, -0.05) is 25.1 Å². The number of hydrogen-bond acceptors (Lipinski definition) is 3. The summed E-state index contributed by atoms with van der Waals surface area (Å²) in [6, 6.07) is 7.70. The maximum Gasteiger partial charge on any atom is 0.220 e. The standard InChI is InChI=1S/C16H24N2O2/c1-2-15-13(9-10-20-15)11-18-16(19)8-7-12-5-3-4-6-14(12)17/h3-6,13,15H,2,7-11,17H2,1H3,(H,18,19). The molecule has 3 N–H and O–H groups in total. The molecule has 0 aromatic heterocycles. The summed E-state index contributed by atoms with van der Waals surface area (Å²) in [6.45, 7) is 3.67. The molecule has 1 heterocycles. The molecule has 20 heavy (non-hydrogen) atoms. The van der Waals surface area contributed by atoms with Crippen molar-refractivity contribution in [1.29, 1.82) is 0 Å². The highest BCUT2D eigenvalue weighted by atomic mass is 16.5. The number of amides is 1. The fraction of sp³-hybridized carbons (Fsp3) is 0.562. The molecule has 2 atom stereocenters. The highest BCUT2D eigenvalue weighted by Gasteiger charge is 2.26. The summed E-state index contributed by atoms with van der Waals surface area (Å²) in [5, 5.41) is 3.02. The van der Waals surface area contributed by atoms with Crippen LogP contribution in [0.25, 0.3) is 0 Å². The minimum absolute atomic E-state index is 0.0926. The van der Waals surface area contributed by atoms with Gasteiger partial charge in [-0.15, -0.1) is 0 Å². The molecule has 2 unspecified atom stereocenters. The molecule has 1 fully saturated rings. The number of rotatable bonds is 6. The van der Waals surface area contributed by atoms with Crippen molar-refractivity contribution < 1.29 is 9.53 Å². The van der Waals surface area contributed by atoms with E-state index in [9.17, 15) is 4.79 Å². The fourth-order valence-corrected chi connectivity index (χ4v) is 2.72. The number of nitrogens with one attached hydrogen (secondary N) is 1. The number of nitrogen functional groups attached to an aromatic ring is 1. The molecule has 1 amide bonds. The van der Waals surface area contributed by atoms with Crippen LogP contribution in [-0.4, -0.2) is 25.2 Å². The molecule has 1 aliphatic heterocycles. The van der Waals surface area contributed by atoms with E-state index in [0.717, 1.165) is 37.2 Å². The van der Waals surface area contributed by atoms with Crippen LogP contribution in [0.15, 0.2) is 24.3 Å². The van der Waals surface area contributed by atoms with Gasteiger partial charge < -0.3 is 15.8 Å². The number of para-hydroxylation sites is 1. The molecule has 2 rings (SSSR count). The second-order valence-electron chi connectivity index (χ2n) is 5.37. The van der Waals surface area contributed by atoms with Crippen molar-refractivity contribution in [3.8, 4) is 0 Å². The van der Waals surface area contributed by atoms with Gasteiger partial charge >= 0.3 is 0 Å². The van der Waals surface area contributed by atoms with Gasteiger partial charge in [-0.05, 0) is 30.9 Å². The minimum Gasteiger partial charge on any atom is -0.399 e. The average molecular weight is 276 g/mol. The van der Waals surface area contributed by atoms with Crippen molar-refractivity contribution in [3.63, 3.8) is 0 Å². The zero-order valence-electron chi connectivity index (χ0n) is 12.1. The highest BCUT2D eigenvalue weighted by molar-refractivity contribution is 5.76. The molecule has 110 valence electrons. The van der Waals surface area contributed by atoms with E-state index in [1.54, 1.807) is 0 Å². The van der Waals surface area contributed by atoms with Crippen LogP contribution in [-0.2, 0) is 16.0 Å². The molecule has 1 aromatic rings. The minimum atomic E-state index is 0.0926. The Morgan fingerprint density at radius 3 is 3.00 bits per heavy atom. The smallest absolute Gasteiger partial charge is 0.220 e. The van der Waals surface area contributed by atoms with Crippen LogP contribution in [0.5, 0.6) is 0 Å². The summed E-state index contributed by atoms with van der Waals surface area (Å²) in [5.74, 6) is 0.556. The van der Waals surface area contributed by atoms with E-state index in [0.29, 0.717) is 24.9 Å². The Hall–Kier alpha value is -1.55. The van der Waals surface area contributed by atoms with Crippen molar-refractivity contribution in [1.82, 2.24) is 5.32 Å². The molecular formula is C16H24N2O2. The third-order valence-corrected chi connectivity index (χ3v) is 3.99. The summed E-state index contributed by atoms with van der Waals surface area (Å²) in [6.07, 6.45) is 3.54. The zero-order valence-corrected chi connectivity index (χ0v) is 12.1. The van der Waals surface area contributed by atoms with Gasteiger partial charge in [0.25, 0.3) is 0 Å². The van der Waals surface area contributed by atoms with Crippen LogP contribution >= 0.6 is 0 Å². The summed E-state index contributed by atoms with van der Waals surface area (Å²) in [4.78, 5) is 11.9. The lowest BCUT2D eigenvalue weighted by atomic mass is 9.99. The number of ether oxygens (including phenoxy) is 1. The van der Waals surface area contributed by atoms with Gasteiger partial charge in [0.15, 0.2) is 0 Å². The summed E-state index contributed by atoms with van der Waals surface area (Å²) < 4.78 is 5.62. The summed E-state index contributed by atoms with van der Waals surface area (Å²) in [5.41, 5.74) is 7.67. The quantitative estimate of drug-likeness (QED) is 0.782. The van der Waals surface area contributed by atoms with E-state index in [4.69, 9.17) is 10.5 Å². The van der Waals surface area contributed by atoms with Gasteiger partial charge in [-0.25, -0.2) is 0 Å². The molecule has 0 spiro atoms. The predicted molar refractivity (Wildman–Crippen MR) is 80.3 cm³/mol. The molecule has 1 saturated heterocycles. The third-order valence-electron chi connectivity index (χ3n) is 3.99. The SMILES string of the molecule is CCC1OCCC1CNC(=O)CCc1ccccc1N. The Kier molecular flexibility index (Phi) is 5.41. The lowest BCUT2D eigenvalue weighted by Gasteiger charge is -2.17. The predicted octanol–water partition coefficient (Wildman–Crippen LogP) is 2.13. The van der Waals surface area contributed by atoms with E-state index >= 15 is 0 Å². The topological polar surface area (TPSA) is 64.3 Å². The van der Waals surface area contributed by atoms with Crippen molar-refractivity contribution in [3.05, 3.63) is 29.8 Å². The van der Waals surface area contributed by atoms with Gasteiger partial charge in [0.2, 0.25) is 5.91 Å². The zero-order chi connectivity index (χ0) is 14.4. The Labute approximate surface area is 120 Å². The number of hydrogen-bond donors (Lipinski definition) is 2. The lowest BCUT2D eigenvalue weighted by Crippen LogP contribution is -2.32. The normalized spacial score (nSPS) is 21.9. The molecular weight excluding hydrogens is 252 g/mol. The lowest BCUT2D eigenvalue weighted by molar-refractivity contribution is -0.121. The number of anilines is 1. The second-order valence-corrected chi connectivity index (χ2v) is 5.37. The fourth-order valence-electron chi connectivity index (χ4n) is 2.72. The first-order chi connectivity index (χ1) is 9.70. The van der Waals surface area contributed by atoms with Crippen LogP contribution in [0.4, 0.5) is 5.69 Å². The van der Waals surface area contributed by atoms with Crippen LogP contribution in [0.2, 0.25) is 0 Å². The van der Waals surface area contributed by atoms with Gasteiger partial charge in [-0.3, -0.25) is 4.79 Å². The number of carbonyl (C=O) groups excluding carboxylic acids is 1. The summed E-state index contributed by atoms with van der Waals surface area (Å²) in [7, 11) is 0. The van der Waals surface area contributed by atoms with E-state index in [-0.39, 0.29) is 5.91 Å². The van der Waals surface area contributed by atoms with Crippen LogP contribution in [0, 0.1) is 5.92 Å². The van der Waals surface area contributed by atoms with Crippen molar-refractivity contribution in [2.24, 2.45) is 5.92 Å². The molecule has 4 nitrogen and oxygen atoms in total. The Morgan fingerprint density at radius 2 is 2.25 bits per heavy atom. The van der Waals surface area contributed by atoms with Crippen LogP contribution in [0.1, 0.15) is 31.7 Å². The first kappa shape index (κ1) is 14.9. The van der Waals surface area contributed by atoms with E-state index in [1.165, 1.54) is 0 Å². The largest absolute Gasteiger partial charge is 0.399 e. The van der Waals surface area contributed by atoms with Gasteiger partial charge in [0, 0.05) is 31.2 Å². The molecule has 1 aliphatic rings. The third kappa shape index (κ3) is 3.97. The number of aryl methyl sites for hydroxylation is 1. The Balaban J connectivity index is 1.72. The number of carbonyl (C=O) groups is 1.